The summed E-state index contributed by atoms with van der Waals surface area (Å²) in [6.07, 6.45) is 3.97. The standard InChI is InChI=1S/C18H30N2O/c1-4-13-21-17-11-8-12-20(14-17)15(2)18(19-3)16-9-6-5-7-10-16/h5-7,9-10,15,17-19H,4,8,11-14H2,1-3H3. The van der Waals surface area contributed by atoms with E-state index in [1.54, 1.807) is 0 Å². The van der Waals surface area contributed by atoms with E-state index in [2.05, 4.69) is 61.4 Å². The molecule has 1 fully saturated rings. The van der Waals surface area contributed by atoms with Gasteiger partial charge in [-0.3, -0.25) is 4.90 Å². The fourth-order valence-corrected chi connectivity index (χ4v) is 3.31. The number of hydrogen-bond acceptors (Lipinski definition) is 3. The van der Waals surface area contributed by atoms with E-state index < -0.39 is 0 Å². The van der Waals surface area contributed by atoms with Crippen molar-refractivity contribution in [3.8, 4) is 0 Å². The van der Waals surface area contributed by atoms with Gasteiger partial charge in [0.25, 0.3) is 0 Å². The molecule has 1 aromatic carbocycles. The van der Waals surface area contributed by atoms with Gasteiger partial charge in [-0.15, -0.1) is 0 Å². The van der Waals surface area contributed by atoms with Crippen LogP contribution < -0.4 is 5.32 Å². The molecule has 1 aliphatic heterocycles. The van der Waals surface area contributed by atoms with Crippen LogP contribution in [-0.2, 0) is 4.74 Å². The molecule has 3 atom stereocenters. The normalized spacial score (nSPS) is 22.9. The lowest BCUT2D eigenvalue weighted by atomic mass is 9.97. The highest BCUT2D eigenvalue weighted by Crippen LogP contribution is 2.24. The van der Waals surface area contributed by atoms with Crippen molar-refractivity contribution >= 4 is 0 Å². The van der Waals surface area contributed by atoms with Crippen molar-refractivity contribution in [3.63, 3.8) is 0 Å². The van der Waals surface area contributed by atoms with Crippen LogP contribution in [0.4, 0.5) is 0 Å². The van der Waals surface area contributed by atoms with Crippen molar-refractivity contribution in [2.75, 3.05) is 26.7 Å². The van der Waals surface area contributed by atoms with E-state index in [0.29, 0.717) is 18.2 Å². The molecular weight excluding hydrogens is 260 g/mol. The van der Waals surface area contributed by atoms with Crippen LogP contribution in [0.5, 0.6) is 0 Å². The number of benzene rings is 1. The summed E-state index contributed by atoms with van der Waals surface area (Å²) in [6.45, 7) is 7.64. The highest BCUT2D eigenvalue weighted by atomic mass is 16.5. The number of likely N-dealkylation sites (N-methyl/N-ethyl adjacent to an activating group) is 1. The first-order valence-electron chi connectivity index (χ1n) is 8.34. The van der Waals surface area contributed by atoms with Crippen LogP contribution in [0, 0.1) is 0 Å². The smallest absolute Gasteiger partial charge is 0.0702 e. The van der Waals surface area contributed by atoms with Crippen LogP contribution in [0.2, 0.25) is 0 Å². The molecule has 1 saturated heterocycles. The summed E-state index contributed by atoms with van der Waals surface area (Å²) < 4.78 is 5.97. The van der Waals surface area contributed by atoms with E-state index in [4.69, 9.17) is 4.74 Å². The lowest BCUT2D eigenvalue weighted by Crippen LogP contribution is -2.48. The molecule has 3 unspecified atom stereocenters. The second-order valence-electron chi connectivity index (χ2n) is 6.05. The second-order valence-corrected chi connectivity index (χ2v) is 6.05. The van der Waals surface area contributed by atoms with Crippen molar-refractivity contribution in [2.45, 2.75) is 51.3 Å². The van der Waals surface area contributed by atoms with Gasteiger partial charge in [0.05, 0.1) is 6.10 Å². The fourth-order valence-electron chi connectivity index (χ4n) is 3.31. The zero-order valence-corrected chi connectivity index (χ0v) is 13.7. The zero-order chi connectivity index (χ0) is 15.1. The van der Waals surface area contributed by atoms with E-state index in [1.807, 2.05) is 0 Å². The predicted molar refractivity (Wildman–Crippen MR) is 88.5 cm³/mol. The van der Waals surface area contributed by atoms with E-state index in [-0.39, 0.29) is 0 Å². The molecule has 0 bridgehead atoms. The van der Waals surface area contributed by atoms with Gasteiger partial charge in [-0.25, -0.2) is 0 Å². The molecule has 0 spiro atoms. The number of rotatable bonds is 7. The molecule has 118 valence electrons. The van der Waals surface area contributed by atoms with Crippen LogP contribution >= 0.6 is 0 Å². The lowest BCUT2D eigenvalue weighted by molar-refractivity contribution is -0.0148. The third-order valence-corrected chi connectivity index (χ3v) is 4.50. The summed E-state index contributed by atoms with van der Waals surface area (Å²) in [6, 6.07) is 11.6. The summed E-state index contributed by atoms with van der Waals surface area (Å²) in [4.78, 5) is 2.58. The molecule has 0 aliphatic carbocycles. The summed E-state index contributed by atoms with van der Waals surface area (Å²) in [5.74, 6) is 0. The third kappa shape index (κ3) is 4.53. The first kappa shape index (κ1) is 16.5. The molecule has 21 heavy (non-hydrogen) atoms. The summed E-state index contributed by atoms with van der Waals surface area (Å²) in [5, 5.41) is 3.49. The molecular formula is C18H30N2O. The zero-order valence-electron chi connectivity index (χ0n) is 13.7. The molecule has 1 aromatic rings. The highest BCUT2D eigenvalue weighted by Gasteiger charge is 2.28. The van der Waals surface area contributed by atoms with Crippen molar-refractivity contribution in [2.24, 2.45) is 0 Å². The van der Waals surface area contributed by atoms with Crippen LogP contribution in [-0.4, -0.2) is 43.8 Å². The third-order valence-electron chi connectivity index (χ3n) is 4.50. The molecule has 0 aromatic heterocycles. The van der Waals surface area contributed by atoms with Crippen molar-refractivity contribution in [1.82, 2.24) is 10.2 Å². The average molecular weight is 290 g/mol. The molecule has 0 radical (unpaired) electrons. The molecule has 1 N–H and O–H groups in total. The maximum absolute atomic E-state index is 5.97. The molecule has 0 amide bonds. The average Bonchev–Trinajstić information content (AvgIpc) is 2.55. The van der Waals surface area contributed by atoms with Gasteiger partial charge < -0.3 is 10.1 Å². The lowest BCUT2D eigenvalue weighted by Gasteiger charge is -2.40. The quantitative estimate of drug-likeness (QED) is 0.834. The van der Waals surface area contributed by atoms with Gasteiger partial charge in [0.1, 0.15) is 0 Å². The Labute approximate surface area is 129 Å². The van der Waals surface area contributed by atoms with Crippen LogP contribution in [0.15, 0.2) is 30.3 Å². The van der Waals surface area contributed by atoms with Gasteiger partial charge in [0.2, 0.25) is 0 Å². The minimum Gasteiger partial charge on any atom is -0.377 e. The number of nitrogens with zero attached hydrogens (tertiary/aromatic N) is 1. The maximum Gasteiger partial charge on any atom is 0.0702 e. The first-order chi connectivity index (χ1) is 10.3. The molecule has 2 rings (SSSR count). The minimum absolute atomic E-state index is 0.371. The van der Waals surface area contributed by atoms with E-state index >= 15 is 0 Å². The van der Waals surface area contributed by atoms with Crippen molar-refractivity contribution in [1.29, 1.82) is 0 Å². The van der Waals surface area contributed by atoms with Gasteiger partial charge >= 0.3 is 0 Å². The number of nitrogens with one attached hydrogen (secondary N) is 1. The van der Waals surface area contributed by atoms with E-state index in [0.717, 1.165) is 19.6 Å². The van der Waals surface area contributed by atoms with Crippen LogP contribution in [0.3, 0.4) is 0 Å². The fraction of sp³-hybridized carbons (Fsp3) is 0.667. The predicted octanol–water partition coefficient (Wildman–Crippen LogP) is 3.23. The monoisotopic (exact) mass is 290 g/mol. The van der Waals surface area contributed by atoms with Crippen LogP contribution in [0.25, 0.3) is 0 Å². The Morgan fingerprint density at radius 3 is 2.76 bits per heavy atom. The molecule has 3 heteroatoms. The van der Waals surface area contributed by atoms with E-state index in [9.17, 15) is 0 Å². The summed E-state index contributed by atoms with van der Waals surface area (Å²) in [7, 11) is 2.06. The maximum atomic E-state index is 5.97. The molecule has 0 saturated carbocycles. The molecule has 1 aliphatic rings. The summed E-state index contributed by atoms with van der Waals surface area (Å²) in [5.41, 5.74) is 1.36. The second kappa shape index (κ2) is 8.52. The molecule has 1 heterocycles. The highest BCUT2D eigenvalue weighted by molar-refractivity contribution is 5.20. The molecule has 3 nitrogen and oxygen atoms in total. The Kier molecular flexibility index (Phi) is 6.68. The topological polar surface area (TPSA) is 24.5 Å². The number of ether oxygens (including phenoxy) is 1. The summed E-state index contributed by atoms with van der Waals surface area (Å²) >= 11 is 0. The SMILES string of the molecule is CCCOC1CCCN(C(C)C(NC)c2ccccc2)C1. The van der Waals surface area contributed by atoms with Gasteiger partial charge in [0, 0.05) is 25.2 Å². The Morgan fingerprint density at radius 2 is 2.10 bits per heavy atom. The Hall–Kier alpha value is -0.900. The number of likely N-dealkylation sites (tertiary alicyclic amines) is 1. The van der Waals surface area contributed by atoms with Crippen molar-refractivity contribution in [3.05, 3.63) is 35.9 Å². The number of piperidine rings is 1. The van der Waals surface area contributed by atoms with Crippen molar-refractivity contribution < 1.29 is 4.74 Å². The van der Waals surface area contributed by atoms with Gasteiger partial charge in [-0.1, -0.05) is 37.3 Å². The minimum atomic E-state index is 0.371. The van der Waals surface area contributed by atoms with Gasteiger partial charge in [-0.2, -0.15) is 0 Å². The Balaban J connectivity index is 1.98. The van der Waals surface area contributed by atoms with E-state index in [1.165, 1.54) is 24.9 Å². The van der Waals surface area contributed by atoms with Crippen LogP contribution in [0.1, 0.15) is 44.7 Å². The van der Waals surface area contributed by atoms with Gasteiger partial charge in [-0.05, 0) is 45.3 Å². The van der Waals surface area contributed by atoms with Gasteiger partial charge in [0.15, 0.2) is 0 Å². The Morgan fingerprint density at radius 1 is 1.33 bits per heavy atom. The largest absolute Gasteiger partial charge is 0.377 e. The first-order valence-corrected chi connectivity index (χ1v) is 8.34. The Bertz CT molecular complexity index is 395. The number of hydrogen-bond donors (Lipinski definition) is 1.